The second-order valence-corrected chi connectivity index (χ2v) is 7.11. The summed E-state index contributed by atoms with van der Waals surface area (Å²) in [6.07, 6.45) is 2.69. The van der Waals surface area contributed by atoms with Crippen LogP contribution in [0.2, 0.25) is 0 Å². The number of carbonyl (C=O) groups is 1. The molecule has 1 atom stereocenters. The van der Waals surface area contributed by atoms with E-state index in [1.165, 1.54) is 4.88 Å². The van der Waals surface area contributed by atoms with Crippen molar-refractivity contribution >= 4 is 17.2 Å². The summed E-state index contributed by atoms with van der Waals surface area (Å²) in [7, 11) is 1.72. The fourth-order valence-corrected chi connectivity index (χ4v) is 4.14. The highest BCUT2D eigenvalue weighted by atomic mass is 32.1. The van der Waals surface area contributed by atoms with Gasteiger partial charge in [-0.3, -0.25) is 4.79 Å². The molecule has 1 heterocycles. The number of carbonyl (C=O) groups excluding carboxylic acids is 1. The van der Waals surface area contributed by atoms with Crippen molar-refractivity contribution in [2.75, 3.05) is 13.7 Å². The van der Waals surface area contributed by atoms with Crippen molar-refractivity contribution in [3.05, 3.63) is 58.3 Å². The maximum Gasteiger partial charge on any atom is 0.231 e. The van der Waals surface area contributed by atoms with E-state index in [2.05, 4.69) is 30.4 Å². The van der Waals surface area contributed by atoms with Crippen LogP contribution in [0.5, 0.6) is 0 Å². The smallest absolute Gasteiger partial charge is 0.231 e. The SMILES string of the molecule is CCC(CNC(=O)C1(c2cccs2)CC1)(OC)c1ccccc1. The van der Waals surface area contributed by atoms with E-state index in [0.29, 0.717) is 6.54 Å². The van der Waals surface area contributed by atoms with Crippen molar-refractivity contribution in [3.8, 4) is 0 Å². The highest BCUT2D eigenvalue weighted by molar-refractivity contribution is 7.10. The third-order valence-corrected chi connectivity index (χ3v) is 6.05. The molecule has 122 valence electrons. The van der Waals surface area contributed by atoms with Gasteiger partial charge in [0.05, 0.1) is 12.0 Å². The summed E-state index contributed by atoms with van der Waals surface area (Å²) in [4.78, 5) is 14.0. The van der Waals surface area contributed by atoms with Gasteiger partial charge in [-0.2, -0.15) is 0 Å². The summed E-state index contributed by atoms with van der Waals surface area (Å²) in [5.41, 5.74) is 0.340. The summed E-state index contributed by atoms with van der Waals surface area (Å²) < 4.78 is 5.84. The summed E-state index contributed by atoms with van der Waals surface area (Å²) in [5, 5.41) is 5.20. The van der Waals surface area contributed by atoms with E-state index in [1.54, 1.807) is 18.4 Å². The number of methoxy groups -OCH3 is 1. The van der Waals surface area contributed by atoms with E-state index >= 15 is 0 Å². The Kier molecular flexibility index (Phi) is 4.55. The summed E-state index contributed by atoms with van der Waals surface area (Å²) in [6.45, 7) is 2.59. The van der Waals surface area contributed by atoms with Gasteiger partial charge in [-0.1, -0.05) is 43.3 Å². The average molecular weight is 329 g/mol. The van der Waals surface area contributed by atoms with E-state index in [0.717, 1.165) is 24.8 Å². The minimum atomic E-state index is -0.470. The van der Waals surface area contributed by atoms with Crippen LogP contribution in [-0.4, -0.2) is 19.6 Å². The first-order valence-electron chi connectivity index (χ1n) is 8.10. The van der Waals surface area contributed by atoms with Gasteiger partial charge in [0.1, 0.15) is 5.60 Å². The highest BCUT2D eigenvalue weighted by Gasteiger charge is 2.52. The van der Waals surface area contributed by atoms with Gasteiger partial charge in [0, 0.05) is 12.0 Å². The van der Waals surface area contributed by atoms with Crippen molar-refractivity contribution in [1.82, 2.24) is 5.32 Å². The van der Waals surface area contributed by atoms with Crippen molar-refractivity contribution in [1.29, 1.82) is 0 Å². The predicted molar refractivity (Wildman–Crippen MR) is 93.7 cm³/mol. The molecule has 0 aliphatic heterocycles. The largest absolute Gasteiger partial charge is 0.372 e. The molecule has 0 bridgehead atoms. The molecule has 0 radical (unpaired) electrons. The van der Waals surface area contributed by atoms with E-state index in [-0.39, 0.29) is 11.3 Å². The number of hydrogen-bond donors (Lipinski definition) is 1. The van der Waals surface area contributed by atoms with Crippen LogP contribution in [-0.2, 0) is 20.5 Å². The summed E-state index contributed by atoms with van der Waals surface area (Å²) >= 11 is 1.67. The predicted octanol–water partition coefficient (Wildman–Crippen LogP) is 3.85. The molecule has 1 aromatic heterocycles. The van der Waals surface area contributed by atoms with Crippen LogP contribution >= 0.6 is 11.3 Å². The quantitative estimate of drug-likeness (QED) is 0.838. The topological polar surface area (TPSA) is 38.3 Å². The van der Waals surface area contributed by atoms with Crippen LogP contribution in [0.3, 0.4) is 0 Å². The van der Waals surface area contributed by atoms with E-state index in [9.17, 15) is 4.79 Å². The molecule has 3 rings (SSSR count). The number of thiophene rings is 1. The van der Waals surface area contributed by atoms with Crippen LogP contribution in [0.25, 0.3) is 0 Å². The Balaban J connectivity index is 1.74. The second kappa shape index (κ2) is 6.46. The molecule has 1 N–H and O–H groups in total. The Labute approximate surface area is 141 Å². The number of amides is 1. The lowest BCUT2D eigenvalue weighted by atomic mass is 9.90. The van der Waals surface area contributed by atoms with E-state index < -0.39 is 5.60 Å². The third kappa shape index (κ3) is 2.93. The zero-order chi connectivity index (χ0) is 16.3. The van der Waals surface area contributed by atoms with E-state index in [4.69, 9.17) is 4.74 Å². The lowest BCUT2D eigenvalue weighted by molar-refractivity contribution is -0.125. The van der Waals surface area contributed by atoms with Crippen LogP contribution in [0.1, 0.15) is 36.6 Å². The van der Waals surface area contributed by atoms with Gasteiger partial charge in [-0.15, -0.1) is 11.3 Å². The Hall–Kier alpha value is -1.65. The first-order chi connectivity index (χ1) is 11.2. The molecule has 4 heteroatoms. The van der Waals surface area contributed by atoms with Gasteiger partial charge in [0.2, 0.25) is 5.91 Å². The zero-order valence-corrected chi connectivity index (χ0v) is 14.5. The van der Waals surface area contributed by atoms with Crippen molar-refractivity contribution in [3.63, 3.8) is 0 Å². The number of hydrogen-bond acceptors (Lipinski definition) is 3. The number of rotatable bonds is 7. The van der Waals surface area contributed by atoms with Gasteiger partial charge in [-0.25, -0.2) is 0 Å². The van der Waals surface area contributed by atoms with Crippen molar-refractivity contribution < 1.29 is 9.53 Å². The monoisotopic (exact) mass is 329 g/mol. The summed E-state index contributed by atoms with van der Waals surface area (Å²) in [5.74, 6) is 0.130. The first kappa shape index (κ1) is 16.2. The number of benzene rings is 1. The van der Waals surface area contributed by atoms with Gasteiger partial charge >= 0.3 is 0 Å². The van der Waals surface area contributed by atoms with Gasteiger partial charge in [0.25, 0.3) is 0 Å². The van der Waals surface area contributed by atoms with Crippen molar-refractivity contribution in [2.24, 2.45) is 0 Å². The molecular formula is C19H23NO2S. The Bertz CT molecular complexity index is 643. The second-order valence-electron chi connectivity index (χ2n) is 6.16. The molecule has 0 saturated heterocycles. The normalized spacial score (nSPS) is 18.2. The van der Waals surface area contributed by atoms with Crippen LogP contribution in [0.4, 0.5) is 0 Å². The number of ether oxygens (including phenoxy) is 1. The molecular weight excluding hydrogens is 306 g/mol. The molecule has 23 heavy (non-hydrogen) atoms. The van der Waals surface area contributed by atoms with E-state index in [1.807, 2.05) is 29.6 Å². The minimum Gasteiger partial charge on any atom is -0.372 e. The maximum absolute atomic E-state index is 12.8. The molecule has 1 aromatic carbocycles. The Morgan fingerprint density at radius 2 is 2.00 bits per heavy atom. The molecule has 1 fully saturated rings. The molecule has 2 aromatic rings. The first-order valence-corrected chi connectivity index (χ1v) is 8.98. The zero-order valence-electron chi connectivity index (χ0n) is 13.7. The highest BCUT2D eigenvalue weighted by Crippen LogP contribution is 2.50. The molecule has 1 saturated carbocycles. The Morgan fingerprint density at radius 1 is 1.26 bits per heavy atom. The van der Waals surface area contributed by atoms with Crippen LogP contribution in [0, 0.1) is 0 Å². The number of nitrogens with one attached hydrogen (secondary N) is 1. The van der Waals surface area contributed by atoms with Gasteiger partial charge in [0.15, 0.2) is 0 Å². The van der Waals surface area contributed by atoms with Gasteiger partial charge < -0.3 is 10.1 Å². The lowest BCUT2D eigenvalue weighted by Crippen LogP contribution is -2.45. The molecule has 1 amide bonds. The fourth-order valence-electron chi connectivity index (χ4n) is 3.16. The summed E-state index contributed by atoms with van der Waals surface area (Å²) in [6, 6.07) is 14.2. The lowest BCUT2D eigenvalue weighted by Gasteiger charge is -2.33. The minimum absolute atomic E-state index is 0.130. The molecule has 1 unspecified atom stereocenters. The van der Waals surface area contributed by atoms with Crippen molar-refractivity contribution in [2.45, 2.75) is 37.2 Å². The molecule has 1 aliphatic carbocycles. The van der Waals surface area contributed by atoms with Crippen LogP contribution in [0.15, 0.2) is 47.8 Å². The molecule has 0 spiro atoms. The fraction of sp³-hybridized carbons (Fsp3) is 0.421. The molecule has 3 nitrogen and oxygen atoms in total. The Morgan fingerprint density at radius 3 is 2.52 bits per heavy atom. The maximum atomic E-state index is 12.8. The third-order valence-electron chi connectivity index (χ3n) is 4.97. The molecule has 1 aliphatic rings. The van der Waals surface area contributed by atoms with Crippen LogP contribution < -0.4 is 5.32 Å². The van der Waals surface area contributed by atoms with Gasteiger partial charge in [-0.05, 0) is 36.3 Å². The average Bonchev–Trinajstić information content (AvgIpc) is 3.23. The standard InChI is InChI=1S/C19H23NO2S/c1-3-19(22-2,15-8-5-4-6-9-15)14-20-17(21)18(11-12-18)16-10-7-13-23-16/h4-10,13H,3,11-12,14H2,1-2H3,(H,20,21).